The lowest BCUT2D eigenvalue weighted by atomic mass is 10.1. The monoisotopic (exact) mass is 287 g/mol. The van der Waals surface area contributed by atoms with E-state index in [4.69, 9.17) is 26.2 Å². The van der Waals surface area contributed by atoms with Gasteiger partial charge >= 0.3 is 5.97 Å². The summed E-state index contributed by atoms with van der Waals surface area (Å²) in [4.78, 5) is 10.8. The molecule has 1 rings (SSSR count). The fraction of sp³-hybridized carbons (Fsp3) is 0.462. The molecule has 0 saturated heterocycles. The molecule has 0 spiro atoms. The molecule has 19 heavy (non-hydrogen) atoms. The first-order valence-electron chi connectivity index (χ1n) is 5.95. The van der Waals surface area contributed by atoms with Gasteiger partial charge in [-0.25, -0.2) is 0 Å². The molecule has 0 unspecified atom stereocenters. The van der Waals surface area contributed by atoms with Gasteiger partial charge in [0.15, 0.2) is 11.5 Å². The van der Waals surface area contributed by atoms with E-state index < -0.39 is 12.0 Å². The SMILES string of the molecule is CCOc1c(CN[C@H](C)C(=O)O)cc(Cl)cc1OC. The minimum Gasteiger partial charge on any atom is -0.493 e. The minimum absolute atomic E-state index is 0.333. The molecule has 0 fully saturated rings. The number of aliphatic carboxylic acids is 1. The van der Waals surface area contributed by atoms with Gasteiger partial charge in [-0.15, -0.1) is 0 Å². The Balaban J connectivity index is 2.97. The van der Waals surface area contributed by atoms with Gasteiger partial charge in [0, 0.05) is 23.2 Å². The van der Waals surface area contributed by atoms with Crippen molar-refractivity contribution in [1.29, 1.82) is 0 Å². The Kier molecular flexibility index (Phi) is 5.92. The second-order valence-electron chi connectivity index (χ2n) is 3.97. The van der Waals surface area contributed by atoms with Crippen molar-refractivity contribution in [2.45, 2.75) is 26.4 Å². The fourth-order valence-electron chi connectivity index (χ4n) is 1.56. The predicted octanol–water partition coefficient (Wildman–Crippen LogP) is 2.31. The van der Waals surface area contributed by atoms with E-state index in [-0.39, 0.29) is 0 Å². The van der Waals surface area contributed by atoms with Crippen molar-refractivity contribution in [3.05, 3.63) is 22.7 Å². The number of nitrogens with one attached hydrogen (secondary N) is 1. The number of ether oxygens (including phenoxy) is 2. The summed E-state index contributed by atoms with van der Waals surface area (Å²) in [5.74, 6) is 0.209. The van der Waals surface area contributed by atoms with E-state index in [1.54, 1.807) is 19.1 Å². The first kappa shape index (κ1) is 15.6. The van der Waals surface area contributed by atoms with Crippen molar-refractivity contribution in [3.8, 4) is 11.5 Å². The Morgan fingerprint density at radius 3 is 2.74 bits per heavy atom. The zero-order valence-corrected chi connectivity index (χ0v) is 12.0. The highest BCUT2D eigenvalue weighted by atomic mass is 35.5. The predicted molar refractivity (Wildman–Crippen MR) is 73.1 cm³/mol. The standard InChI is InChI=1S/C13H18ClNO4/c1-4-19-12-9(7-15-8(2)13(16)17)5-10(14)6-11(12)18-3/h5-6,8,15H,4,7H2,1-3H3,(H,16,17)/t8-/m1/s1. The van der Waals surface area contributed by atoms with Crippen LogP contribution in [0.25, 0.3) is 0 Å². The summed E-state index contributed by atoms with van der Waals surface area (Å²) in [5.41, 5.74) is 0.763. The van der Waals surface area contributed by atoms with Gasteiger partial charge in [-0.3, -0.25) is 4.79 Å². The fourth-order valence-corrected chi connectivity index (χ4v) is 1.79. The maximum atomic E-state index is 10.8. The van der Waals surface area contributed by atoms with Crippen LogP contribution in [-0.4, -0.2) is 30.8 Å². The van der Waals surface area contributed by atoms with Crippen LogP contribution in [-0.2, 0) is 11.3 Å². The maximum Gasteiger partial charge on any atom is 0.320 e. The van der Waals surface area contributed by atoms with Gasteiger partial charge in [0.1, 0.15) is 6.04 Å². The lowest BCUT2D eigenvalue weighted by Crippen LogP contribution is -2.33. The molecule has 1 aromatic rings. The van der Waals surface area contributed by atoms with Crippen LogP contribution in [0.2, 0.25) is 5.02 Å². The molecule has 1 atom stereocenters. The number of carboxylic acid groups (broad SMARTS) is 1. The van der Waals surface area contributed by atoms with Crippen molar-refractivity contribution in [2.75, 3.05) is 13.7 Å². The molecule has 2 N–H and O–H groups in total. The third-order valence-electron chi connectivity index (χ3n) is 2.57. The Morgan fingerprint density at radius 2 is 2.21 bits per heavy atom. The van der Waals surface area contributed by atoms with Crippen LogP contribution in [0.15, 0.2) is 12.1 Å². The van der Waals surface area contributed by atoms with Gasteiger partial charge in [0.05, 0.1) is 13.7 Å². The molecule has 0 heterocycles. The third-order valence-corrected chi connectivity index (χ3v) is 2.79. The smallest absolute Gasteiger partial charge is 0.320 e. The van der Waals surface area contributed by atoms with E-state index in [0.29, 0.717) is 29.7 Å². The highest BCUT2D eigenvalue weighted by molar-refractivity contribution is 6.30. The molecule has 106 valence electrons. The van der Waals surface area contributed by atoms with Crippen molar-refractivity contribution < 1.29 is 19.4 Å². The Morgan fingerprint density at radius 1 is 1.53 bits per heavy atom. The molecule has 0 amide bonds. The lowest BCUT2D eigenvalue weighted by molar-refractivity contribution is -0.139. The molecular weight excluding hydrogens is 270 g/mol. The van der Waals surface area contributed by atoms with Crippen molar-refractivity contribution in [2.24, 2.45) is 0 Å². The summed E-state index contributed by atoms with van der Waals surface area (Å²) in [7, 11) is 1.53. The number of carbonyl (C=O) groups is 1. The molecule has 0 bridgehead atoms. The summed E-state index contributed by atoms with van der Waals surface area (Å²) < 4.78 is 10.8. The van der Waals surface area contributed by atoms with E-state index in [1.807, 2.05) is 6.92 Å². The van der Waals surface area contributed by atoms with Crippen molar-refractivity contribution in [3.63, 3.8) is 0 Å². The van der Waals surface area contributed by atoms with Gasteiger partial charge in [-0.1, -0.05) is 11.6 Å². The Bertz CT molecular complexity index is 451. The van der Waals surface area contributed by atoms with E-state index in [1.165, 1.54) is 7.11 Å². The summed E-state index contributed by atoms with van der Waals surface area (Å²) in [6.45, 7) is 4.26. The minimum atomic E-state index is -0.910. The number of rotatable bonds is 7. The number of halogens is 1. The summed E-state index contributed by atoms with van der Waals surface area (Å²) >= 11 is 6.00. The zero-order valence-electron chi connectivity index (χ0n) is 11.2. The molecule has 1 aromatic carbocycles. The molecule has 0 aliphatic carbocycles. The first-order valence-corrected chi connectivity index (χ1v) is 6.32. The Labute approximate surface area is 117 Å². The molecule has 0 aliphatic rings. The number of hydrogen-bond acceptors (Lipinski definition) is 4. The van der Waals surface area contributed by atoms with Crippen LogP contribution in [0.4, 0.5) is 0 Å². The number of methoxy groups -OCH3 is 1. The van der Waals surface area contributed by atoms with E-state index in [2.05, 4.69) is 5.32 Å². The van der Waals surface area contributed by atoms with Crippen LogP contribution in [0.5, 0.6) is 11.5 Å². The quantitative estimate of drug-likeness (QED) is 0.805. The van der Waals surface area contributed by atoms with Gasteiger partial charge in [0.25, 0.3) is 0 Å². The highest BCUT2D eigenvalue weighted by Crippen LogP contribution is 2.34. The van der Waals surface area contributed by atoms with Gasteiger partial charge in [-0.05, 0) is 19.9 Å². The molecule has 0 radical (unpaired) electrons. The van der Waals surface area contributed by atoms with Crippen LogP contribution in [0.3, 0.4) is 0 Å². The second kappa shape index (κ2) is 7.21. The van der Waals surface area contributed by atoms with Crippen molar-refractivity contribution >= 4 is 17.6 Å². The maximum absolute atomic E-state index is 10.8. The highest BCUT2D eigenvalue weighted by Gasteiger charge is 2.15. The molecule has 6 heteroatoms. The van der Waals surface area contributed by atoms with Gasteiger partial charge < -0.3 is 19.9 Å². The van der Waals surface area contributed by atoms with E-state index in [0.717, 1.165) is 5.56 Å². The van der Waals surface area contributed by atoms with Crippen LogP contribution in [0, 0.1) is 0 Å². The number of carboxylic acids is 1. The van der Waals surface area contributed by atoms with Gasteiger partial charge in [-0.2, -0.15) is 0 Å². The Hall–Kier alpha value is -1.46. The topological polar surface area (TPSA) is 67.8 Å². The van der Waals surface area contributed by atoms with E-state index >= 15 is 0 Å². The van der Waals surface area contributed by atoms with Crippen molar-refractivity contribution in [1.82, 2.24) is 5.32 Å². The molecule has 0 aliphatic heterocycles. The average Bonchev–Trinajstić information content (AvgIpc) is 2.37. The normalized spacial score (nSPS) is 12.0. The molecule has 5 nitrogen and oxygen atoms in total. The second-order valence-corrected chi connectivity index (χ2v) is 4.41. The van der Waals surface area contributed by atoms with Crippen LogP contribution >= 0.6 is 11.6 Å². The summed E-state index contributed by atoms with van der Waals surface area (Å²) in [6, 6.07) is 2.74. The average molecular weight is 288 g/mol. The number of benzene rings is 1. The van der Waals surface area contributed by atoms with Gasteiger partial charge in [0.2, 0.25) is 0 Å². The molecule has 0 saturated carbocycles. The lowest BCUT2D eigenvalue weighted by Gasteiger charge is -2.16. The zero-order chi connectivity index (χ0) is 14.4. The molecule has 0 aromatic heterocycles. The number of hydrogen-bond donors (Lipinski definition) is 2. The summed E-state index contributed by atoms with van der Waals surface area (Å²) in [5, 5.41) is 12.2. The first-order chi connectivity index (χ1) is 8.99. The molecular formula is C13H18ClNO4. The van der Waals surface area contributed by atoms with Crippen LogP contribution in [0.1, 0.15) is 19.4 Å². The summed E-state index contributed by atoms with van der Waals surface area (Å²) in [6.07, 6.45) is 0. The van der Waals surface area contributed by atoms with E-state index in [9.17, 15) is 4.79 Å². The van der Waals surface area contributed by atoms with Crippen LogP contribution < -0.4 is 14.8 Å². The largest absolute Gasteiger partial charge is 0.493 e. The third kappa shape index (κ3) is 4.29.